The molecule has 2 heterocycles. The number of carbonyl (C=O) groups excluding carboxylic acids is 1. The summed E-state index contributed by atoms with van der Waals surface area (Å²) in [5.41, 5.74) is 1.36. The Hall–Kier alpha value is -2.51. The van der Waals surface area contributed by atoms with E-state index < -0.39 is 0 Å². The highest BCUT2D eigenvalue weighted by molar-refractivity contribution is 6.32. The van der Waals surface area contributed by atoms with E-state index in [1.165, 1.54) is 13.2 Å². The fourth-order valence-electron chi connectivity index (χ4n) is 3.45. The number of benzene rings is 2. The van der Waals surface area contributed by atoms with Crippen molar-refractivity contribution in [2.24, 2.45) is 0 Å². The number of rotatable bonds is 4. The lowest BCUT2D eigenvalue weighted by Crippen LogP contribution is -2.48. The largest absolute Gasteiger partial charge is 0.494 e. The standard InChI is InChI=1S/C20H20ClFN2O4/c1-26-17-3-2-13(8-16(17)22)11-23-4-6-24(7-5-23)20(25)14-9-15(21)19-18(10-14)27-12-28-19/h2-3,8-10H,4-7,11-12H2,1H3. The fraction of sp³-hybridized carbons (Fsp3) is 0.350. The monoisotopic (exact) mass is 406 g/mol. The maximum atomic E-state index is 13.9. The van der Waals surface area contributed by atoms with Gasteiger partial charge in [-0.1, -0.05) is 17.7 Å². The molecule has 148 valence electrons. The minimum Gasteiger partial charge on any atom is -0.494 e. The first kappa shape index (κ1) is 18.8. The van der Waals surface area contributed by atoms with Crippen LogP contribution in [0.5, 0.6) is 17.2 Å². The molecule has 2 aliphatic heterocycles. The Labute approximate surface area is 167 Å². The van der Waals surface area contributed by atoms with Crippen LogP contribution < -0.4 is 14.2 Å². The molecule has 0 bridgehead atoms. The molecule has 0 aliphatic carbocycles. The molecule has 6 nitrogen and oxygen atoms in total. The molecule has 0 radical (unpaired) electrons. The lowest BCUT2D eigenvalue weighted by atomic mass is 10.1. The smallest absolute Gasteiger partial charge is 0.254 e. The molecule has 2 aromatic rings. The second-order valence-electron chi connectivity index (χ2n) is 6.73. The second kappa shape index (κ2) is 7.85. The van der Waals surface area contributed by atoms with Crippen LogP contribution >= 0.6 is 11.6 Å². The number of hydrogen-bond donors (Lipinski definition) is 0. The van der Waals surface area contributed by atoms with Gasteiger partial charge >= 0.3 is 0 Å². The van der Waals surface area contributed by atoms with Crippen molar-refractivity contribution in [3.63, 3.8) is 0 Å². The number of fused-ring (bicyclic) bond motifs is 1. The molecular weight excluding hydrogens is 387 g/mol. The normalized spacial score (nSPS) is 16.3. The van der Waals surface area contributed by atoms with Crippen molar-refractivity contribution in [3.05, 3.63) is 52.3 Å². The third-order valence-corrected chi connectivity index (χ3v) is 5.24. The lowest BCUT2D eigenvalue weighted by molar-refractivity contribution is 0.0628. The van der Waals surface area contributed by atoms with Gasteiger partial charge < -0.3 is 19.1 Å². The molecule has 4 rings (SSSR count). The summed E-state index contributed by atoms with van der Waals surface area (Å²) < 4.78 is 29.4. The van der Waals surface area contributed by atoms with Gasteiger partial charge in [-0.2, -0.15) is 0 Å². The number of ether oxygens (including phenoxy) is 3. The number of hydrogen-bond acceptors (Lipinski definition) is 5. The number of amides is 1. The van der Waals surface area contributed by atoms with Crippen LogP contribution in [0, 0.1) is 5.82 Å². The minimum absolute atomic E-state index is 0.0876. The third kappa shape index (κ3) is 3.72. The Morgan fingerprint density at radius 2 is 1.96 bits per heavy atom. The number of halogens is 2. The molecule has 0 saturated carbocycles. The van der Waals surface area contributed by atoms with E-state index in [9.17, 15) is 9.18 Å². The van der Waals surface area contributed by atoms with Gasteiger partial charge in [0.15, 0.2) is 23.1 Å². The van der Waals surface area contributed by atoms with E-state index in [1.807, 2.05) is 6.07 Å². The van der Waals surface area contributed by atoms with Crippen molar-refractivity contribution in [1.29, 1.82) is 0 Å². The number of nitrogens with zero attached hydrogens (tertiary/aromatic N) is 2. The summed E-state index contributed by atoms with van der Waals surface area (Å²) in [6, 6.07) is 8.26. The summed E-state index contributed by atoms with van der Waals surface area (Å²) >= 11 is 6.18. The zero-order valence-corrected chi connectivity index (χ0v) is 16.2. The van der Waals surface area contributed by atoms with Crippen LogP contribution in [0.15, 0.2) is 30.3 Å². The van der Waals surface area contributed by atoms with Crippen LogP contribution in [0.2, 0.25) is 5.02 Å². The van der Waals surface area contributed by atoms with Crippen LogP contribution in [0.3, 0.4) is 0 Å². The van der Waals surface area contributed by atoms with Gasteiger partial charge in [-0.15, -0.1) is 0 Å². The third-order valence-electron chi connectivity index (χ3n) is 4.96. The summed E-state index contributed by atoms with van der Waals surface area (Å²) in [7, 11) is 1.45. The first-order chi connectivity index (χ1) is 13.5. The van der Waals surface area contributed by atoms with E-state index in [0.29, 0.717) is 54.8 Å². The molecule has 1 amide bonds. The van der Waals surface area contributed by atoms with E-state index >= 15 is 0 Å². The average Bonchev–Trinajstić information content (AvgIpc) is 3.17. The van der Waals surface area contributed by atoms with E-state index in [1.54, 1.807) is 23.1 Å². The van der Waals surface area contributed by atoms with Gasteiger partial charge in [-0.3, -0.25) is 9.69 Å². The SMILES string of the molecule is COc1ccc(CN2CCN(C(=O)c3cc(Cl)c4c(c3)OCO4)CC2)cc1F. The zero-order chi connectivity index (χ0) is 19.7. The number of piperazine rings is 1. The van der Waals surface area contributed by atoms with Gasteiger partial charge in [0.25, 0.3) is 5.91 Å². The molecular formula is C20H20ClFN2O4. The Kier molecular flexibility index (Phi) is 5.28. The average molecular weight is 407 g/mol. The fourth-order valence-corrected chi connectivity index (χ4v) is 3.71. The van der Waals surface area contributed by atoms with Crippen molar-refractivity contribution in [2.45, 2.75) is 6.54 Å². The van der Waals surface area contributed by atoms with Crippen molar-refractivity contribution in [1.82, 2.24) is 9.80 Å². The molecule has 2 aliphatic rings. The zero-order valence-electron chi connectivity index (χ0n) is 15.4. The van der Waals surface area contributed by atoms with Crippen molar-refractivity contribution >= 4 is 17.5 Å². The quantitative estimate of drug-likeness (QED) is 0.780. The topological polar surface area (TPSA) is 51.2 Å². The molecule has 8 heteroatoms. The molecule has 0 aromatic heterocycles. The summed E-state index contributed by atoms with van der Waals surface area (Å²) in [6.45, 7) is 3.32. The van der Waals surface area contributed by atoms with E-state index in [-0.39, 0.29) is 24.3 Å². The highest BCUT2D eigenvalue weighted by atomic mass is 35.5. The maximum absolute atomic E-state index is 13.9. The van der Waals surface area contributed by atoms with Crippen LogP contribution in [0.25, 0.3) is 0 Å². The molecule has 1 fully saturated rings. The number of methoxy groups -OCH3 is 1. The van der Waals surface area contributed by atoms with Crippen molar-refractivity contribution in [3.8, 4) is 17.2 Å². The van der Waals surface area contributed by atoms with Gasteiger partial charge in [0.2, 0.25) is 6.79 Å². The Morgan fingerprint density at radius 3 is 2.68 bits per heavy atom. The van der Waals surface area contributed by atoms with E-state index in [2.05, 4.69) is 4.90 Å². The Morgan fingerprint density at radius 1 is 1.18 bits per heavy atom. The van der Waals surface area contributed by atoms with Gasteiger partial charge in [-0.05, 0) is 29.8 Å². The minimum atomic E-state index is -0.367. The van der Waals surface area contributed by atoms with Gasteiger partial charge in [0.05, 0.1) is 12.1 Å². The summed E-state index contributed by atoms with van der Waals surface area (Å²) in [6.07, 6.45) is 0. The van der Waals surface area contributed by atoms with Crippen LogP contribution in [0.4, 0.5) is 4.39 Å². The predicted octanol–water partition coefficient (Wildman–Crippen LogP) is 3.17. The molecule has 0 spiro atoms. The predicted molar refractivity (Wildman–Crippen MR) is 102 cm³/mol. The first-order valence-corrected chi connectivity index (χ1v) is 9.36. The second-order valence-corrected chi connectivity index (χ2v) is 7.14. The van der Waals surface area contributed by atoms with Gasteiger partial charge in [0, 0.05) is 38.3 Å². The molecule has 28 heavy (non-hydrogen) atoms. The van der Waals surface area contributed by atoms with Crippen molar-refractivity contribution in [2.75, 3.05) is 40.1 Å². The van der Waals surface area contributed by atoms with Crippen LogP contribution in [0.1, 0.15) is 15.9 Å². The maximum Gasteiger partial charge on any atom is 0.254 e. The first-order valence-electron chi connectivity index (χ1n) is 8.98. The highest BCUT2D eigenvalue weighted by Crippen LogP contribution is 2.40. The Balaban J connectivity index is 1.37. The number of carbonyl (C=O) groups is 1. The molecule has 0 N–H and O–H groups in total. The summed E-state index contributed by atoms with van der Waals surface area (Å²) in [5, 5.41) is 0.374. The van der Waals surface area contributed by atoms with Gasteiger partial charge in [-0.25, -0.2) is 4.39 Å². The molecule has 1 saturated heterocycles. The summed E-state index contributed by atoms with van der Waals surface area (Å²) in [4.78, 5) is 16.8. The Bertz CT molecular complexity index is 900. The van der Waals surface area contributed by atoms with Crippen LogP contribution in [-0.4, -0.2) is 55.8 Å². The van der Waals surface area contributed by atoms with E-state index in [0.717, 1.165) is 5.56 Å². The molecule has 0 atom stereocenters. The van der Waals surface area contributed by atoms with Crippen molar-refractivity contribution < 1.29 is 23.4 Å². The summed E-state index contributed by atoms with van der Waals surface area (Å²) in [5.74, 6) is 0.760. The van der Waals surface area contributed by atoms with Gasteiger partial charge in [0.1, 0.15) is 0 Å². The highest BCUT2D eigenvalue weighted by Gasteiger charge is 2.26. The lowest BCUT2D eigenvalue weighted by Gasteiger charge is -2.34. The van der Waals surface area contributed by atoms with Crippen LogP contribution in [-0.2, 0) is 6.54 Å². The molecule has 2 aromatic carbocycles. The van der Waals surface area contributed by atoms with E-state index in [4.69, 9.17) is 25.8 Å². The molecule has 0 unspecified atom stereocenters.